The molecule has 4 nitrogen and oxygen atoms in total. The average molecular weight is 200 g/mol. The Morgan fingerprint density at radius 2 is 1.33 bits per heavy atom. The summed E-state index contributed by atoms with van der Waals surface area (Å²) >= 11 is 0. The Kier molecular flexibility index (Phi) is 11.4. The first-order valence-electron chi connectivity index (χ1n) is 3.52. The molecular weight excluding hydrogens is 188 g/mol. The van der Waals surface area contributed by atoms with Crippen LogP contribution in [0.25, 0.3) is 0 Å². The van der Waals surface area contributed by atoms with E-state index in [1.54, 1.807) is 13.8 Å². The van der Waals surface area contributed by atoms with Gasteiger partial charge < -0.3 is 9.47 Å². The molecule has 0 amide bonds. The molecule has 0 spiro atoms. The summed E-state index contributed by atoms with van der Waals surface area (Å²) in [5.74, 6) is -1.07. The summed E-state index contributed by atoms with van der Waals surface area (Å²) in [5, 5.41) is 0. The Morgan fingerprint density at radius 1 is 1.00 bits per heavy atom. The van der Waals surface area contributed by atoms with E-state index in [0.717, 1.165) is 0 Å². The van der Waals surface area contributed by atoms with Crippen molar-refractivity contribution in [2.75, 3.05) is 13.2 Å². The fourth-order valence-corrected chi connectivity index (χ4v) is 0.542. The largest absolute Gasteiger partial charge is 0.466 e. The maximum atomic E-state index is 10.6. The minimum atomic E-state index is -0.536. The van der Waals surface area contributed by atoms with Crippen molar-refractivity contribution in [1.82, 2.24) is 0 Å². The predicted octanol–water partition coefficient (Wildman–Crippen LogP) is 0.122. The van der Waals surface area contributed by atoms with Crippen molar-refractivity contribution in [1.29, 1.82) is 0 Å². The van der Waals surface area contributed by atoms with Crippen molar-refractivity contribution >= 4 is 49.7 Å². The summed E-state index contributed by atoms with van der Waals surface area (Å²) in [6.45, 7) is 3.95. The average Bonchev–Trinajstić information content (AvgIpc) is 1.87. The van der Waals surface area contributed by atoms with E-state index in [1.807, 2.05) is 0 Å². The van der Waals surface area contributed by atoms with Gasteiger partial charge in [-0.05, 0) is 13.8 Å². The molecule has 0 bridgehead atoms. The Hall–Kier alpha value is 0.200. The Labute approximate surface area is 102 Å². The van der Waals surface area contributed by atoms with Crippen LogP contribution in [0.3, 0.4) is 0 Å². The quantitative estimate of drug-likeness (QED) is 0.367. The van der Waals surface area contributed by atoms with Crippen LogP contribution < -0.4 is 0 Å². The van der Waals surface area contributed by atoms with Crippen molar-refractivity contribution in [3.63, 3.8) is 0 Å². The summed E-state index contributed by atoms with van der Waals surface area (Å²) in [7, 11) is 0. The first-order chi connectivity index (χ1) is 5.20. The zero-order valence-electron chi connectivity index (χ0n) is 7.46. The number of hydrogen-bond acceptors (Lipinski definition) is 4. The van der Waals surface area contributed by atoms with Gasteiger partial charge in [-0.3, -0.25) is 9.59 Å². The maximum absolute atomic E-state index is 10.6. The SMILES string of the molecule is CCOC(=O)CC(=O)OCC.[Ca]. The van der Waals surface area contributed by atoms with E-state index in [9.17, 15) is 9.59 Å². The van der Waals surface area contributed by atoms with Crippen LogP contribution in [-0.4, -0.2) is 62.9 Å². The molecule has 2 radical (unpaired) electrons. The third-order valence-electron chi connectivity index (χ3n) is 0.899. The molecule has 0 N–H and O–H groups in total. The molecule has 0 rings (SSSR count). The molecule has 0 heterocycles. The van der Waals surface area contributed by atoms with Crippen LogP contribution in [0.1, 0.15) is 20.3 Å². The van der Waals surface area contributed by atoms with Crippen LogP contribution in [0.4, 0.5) is 0 Å². The number of esters is 2. The third-order valence-corrected chi connectivity index (χ3v) is 0.899. The van der Waals surface area contributed by atoms with Gasteiger partial charge in [0.1, 0.15) is 6.42 Å². The zero-order chi connectivity index (χ0) is 8.69. The summed E-state index contributed by atoms with van der Waals surface area (Å²) in [6.07, 6.45) is -0.290. The molecule has 5 heteroatoms. The van der Waals surface area contributed by atoms with Gasteiger partial charge in [0.15, 0.2) is 0 Å². The molecule has 0 fully saturated rings. The Bertz CT molecular complexity index is 130. The molecule has 0 aliphatic carbocycles. The van der Waals surface area contributed by atoms with E-state index in [1.165, 1.54) is 0 Å². The number of hydrogen-bond donors (Lipinski definition) is 0. The second-order valence-corrected chi connectivity index (χ2v) is 1.79. The van der Waals surface area contributed by atoms with Crippen LogP contribution in [0.15, 0.2) is 0 Å². The standard InChI is InChI=1S/C7H12O4.Ca/c1-3-10-6(8)5-7(9)11-4-2;/h3-5H2,1-2H3;. The van der Waals surface area contributed by atoms with Gasteiger partial charge >= 0.3 is 11.9 Å². The second kappa shape index (κ2) is 9.29. The van der Waals surface area contributed by atoms with Gasteiger partial charge in [-0.15, -0.1) is 0 Å². The van der Waals surface area contributed by atoms with Crippen LogP contribution in [0.2, 0.25) is 0 Å². The van der Waals surface area contributed by atoms with Gasteiger partial charge in [0.2, 0.25) is 0 Å². The summed E-state index contributed by atoms with van der Waals surface area (Å²) in [5.41, 5.74) is 0. The monoisotopic (exact) mass is 200 g/mol. The molecule has 0 aromatic carbocycles. The van der Waals surface area contributed by atoms with Crippen molar-refractivity contribution in [2.45, 2.75) is 20.3 Å². The summed E-state index contributed by atoms with van der Waals surface area (Å²) in [4.78, 5) is 21.2. The fourth-order valence-electron chi connectivity index (χ4n) is 0.542. The van der Waals surface area contributed by atoms with E-state index in [-0.39, 0.29) is 57.4 Å². The van der Waals surface area contributed by atoms with Gasteiger partial charge in [-0.25, -0.2) is 0 Å². The Morgan fingerprint density at radius 3 is 1.58 bits per heavy atom. The van der Waals surface area contributed by atoms with Crippen LogP contribution in [0, 0.1) is 0 Å². The number of ether oxygens (including phenoxy) is 2. The molecule has 0 aromatic heterocycles. The first kappa shape index (κ1) is 14.7. The Balaban J connectivity index is 0. The molecule has 0 atom stereocenters. The summed E-state index contributed by atoms with van der Waals surface area (Å²) < 4.78 is 9.04. The van der Waals surface area contributed by atoms with E-state index in [0.29, 0.717) is 0 Å². The van der Waals surface area contributed by atoms with Crippen LogP contribution in [0.5, 0.6) is 0 Å². The van der Waals surface area contributed by atoms with Crippen molar-refractivity contribution in [2.24, 2.45) is 0 Å². The smallest absolute Gasteiger partial charge is 0.317 e. The van der Waals surface area contributed by atoms with Gasteiger partial charge in [0.25, 0.3) is 0 Å². The fraction of sp³-hybridized carbons (Fsp3) is 0.714. The third kappa shape index (κ3) is 8.30. The van der Waals surface area contributed by atoms with Crippen LogP contribution >= 0.6 is 0 Å². The van der Waals surface area contributed by atoms with Gasteiger partial charge in [0.05, 0.1) is 13.2 Å². The molecule has 0 saturated carbocycles. The number of rotatable bonds is 4. The normalized spacial score (nSPS) is 8.17. The van der Waals surface area contributed by atoms with Crippen molar-refractivity contribution in [3.05, 3.63) is 0 Å². The molecule has 0 aliphatic heterocycles. The van der Waals surface area contributed by atoms with E-state index >= 15 is 0 Å². The topological polar surface area (TPSA) is 52.6 Å². The molecule has 0 aliphatic rings. The van der Waals surface area contributed by atoms with Crippen molar-refractivity contribution < 1.29 is 19.1 Å². The molecule has 0 aromatic rings. The number of carbonyl (C=O) groups is 2. The van der Waals surface area contributed by atoms with E-state index < -0.39 is 11.9 Å². The minimum Gasteiger partial charge on any atom is -0.466 e. The molecule has 12 heavy (non-hydrogen) atoms. The van der Waals surface area contributed by atoms with Crippen LogP contribution in [-0.2, 0) is 19.1 Å². The van der Waals surface area contributed by atoms with Gasteiger partial charge in [-0.1, -0.05) is 0 Å². The van der Waals surface area contributed by atoms with Gasteiger partial charge in [-0.2, -0.15) is 0 Å². The first-order valence-corrected chi connectivity index (χ1v) is 3.52. The molecule has 66 valence electrons. The number of carbonyl (C=O) groups excluding carboxylic acids is 2. The minimum absolute atomic E-state index is 0. The zero-order valence-corrected chi connectivity index (χ0v) is 9.67. The maximum Gasteiger partial charge on any atom is 0.317 e. The molecular formula is C7H12CaO4. The second-order valence-electron chi connectivity index (χ2n) is 1.79. The predicted molar refractivity (Wildman–Crippen MR) is 43.6 cm³/mol. The van der Waals surface area contributed by atoms with Crippen molar-refractivity contribution in [3.8, 4) is 0 Å². The van der Waals surface area contributed by atoms with E-state index in [4.69, 9.17) is 0 Å². The van der Waals surface area contributed by atoms with E-state index in [2.05, 4.69) is 9.47 Å². The summed E-state index contributed by atoms with van der Waals surface area (Å²) in [6, 6.07) is 0. The molecule has 0 saturated heterocycles. The van der Waals surface area contributed by atoms with Gasteiger partial charge in [0, 0.05) is 37.7 Å². The molecule has 0 unspecified atom stereocenters.